The van der Waals surface area contributed by atoms with Crippen molar-refractivity contribution in [3.8, 4) is 22.5 Å². The number of hydrogen-bond donors (Lipinski definition) is 2. The summed E-state index contributed by atoms with van der Waals surface area (Å²) in [6, 6.07) is 13.8. The Labute approximate surface area is 221 Å². The topological polar surface area (TPSA) is 147 Å². The van der Waals surface area contributed by atoms with Gasteiger partial charge in [0.05, 0.1) is 23.5 Å². The Kier molecular flexibility index (Phi) is 7.52. The van der Waals surface area contributed by atoms with Crippen LogP contribution in [-0.4, -0.2) is 50.3 Å². The average Bonchev–Trinajstić information content (AvgIpc) is 3.26. The summed E-state index contributed by atoms with van der Waals surface area (Å²) in [6.07, 6.45) is 3.39. The van der Waals surface area contributed by atoms with Crippen LogP contribution in [0, 0.1) is 0 Å². The summed E-state index contributed by atoms with van der Waals surface area (Å²) in [5.41, 5.74) is 16.3. The van der Waals surface area contributed by atoms with E-state index in [4.69, 9.17) is 21.2 Å². The summed E-state index contributed by atoms with van der Waals surface area (Å²) >= 11 is 0. The normalized spacial score (nSPS) is 12.7. The van der Waals surface area contributed by atoms with Crippen molar-refractivity contribution in [2.75, 3.05) is 18.9 Å². The smallest absolute Gasteiger partial charge is 0.327 e. The standard InChI is InChI=1S/C28H32N8O2/c1-6-38-24(37)16-31-25(34-17(2)29)20-9-7-8-10-21(20)26-35-22-13-18(19-14-32-27(30)33-15-19)11-12-23(22)36(26)28(3,4)5/h7-15H,6,16H2,1-5H3,(H2,29,31,34)(H2,30,32,33). The predicted octanol–water partition coefficient (Wildman–Crippen LogP) is 4.18. The number of nitrogens with two attached hydrogens (primary N) is 2. The largest absolute Gasteiger partial charge is 0.465 e. The number of rotatable bonds is 6. The molecule has 2 heterocycles. The first kappa shape index (κ1) is 26.5. The minimum Gasteiger partial charge on any atom is -0.465 e. The van der Waals surface area contributed by atoms with Crippen LogP contribution in [0.5, 0.6) is 0 Å². The van der Waals surface area contributed by atoms with E-state index in [2.05, 4.69) is 45.3 Å². The number of esters is 1. The molecule has 2 aromatic carbocycles. The van der Waals surface area contributed by atoms with E-state index in [-0.39, 0.29) is 24.6 Å². The molecule has 0 radical (unpaired) electrons. The molecule has 0 amide bonds. The summed E-state index contributed by atoms with van der Waals surface area (Å²) in [5, 5.41) is 0. The van der Waals surface area contributed by atoms with E-state index < -0.39 is 5.97 Å². The van der Waals surface area contributed by atoms with Gasteiger partial charge in [-0.2, -0.15) is 0 Å². The van der Waals surface area contributed by atoms with Gasteiger partial charge < -0.3 is 20.8 Å². The molecule has 10 heteroatoms. The molecule has 0 aliphatic carbocycles. The van der Waals surface area contributed by atoms with Gasteiger partial charge in [0.15, 0.2) is 5.84 Å². The number of carbonyl (C=O) groups excluding carboxylic acids is 1. The third-order valence-electron chi connectivity index (χ3n) is 5.68. The van der Waals surface area contributed by atoms with Crippen LogP contribution in [0.2, 0.25) is 0 Å². The number of anilines is 1. The van der Waals surface area contributed by atoms with Gasteiger partial charge in [0.25, 0.3) is 0 Å². The number of amidine groups is 2. The van der Waals surface area contributed by atoms with Gasteiger partial charge in [0.2, 0.25) is 5.95 Å². The Morgan fingerprint density at radius 3 is 2.45 bits per heavy atom. The summed E-state index contributed by atoms with van der Waals surface area (Å²) < 4.78 is 7.23. The number of aliphatic imine (C=N–C) groups is 2. The van der Waals surface area contributed by atoms with Crippen LogP contribution in [0.1, 0.15) is 40.2 Å². The molecule has 4 rings (SSSR count). The maximum atomic E-state index is 12.0. The van der Waals surface area contributed by atoms with E-state index in [1.807, 2.05) is 42.5 Å². The highest BCUT2D eigenvalue weighted by Crippen LogP contribution is 2.35. The quantitative estimate of drug-likeness (QED) is 0.224. The van der Waals surface area contributed by atoms with Gasteiger partial charge in [0.1, 0.15) is 12.4 Å². The number of imidazole rings is 1. The summed E-state index contributed by atoms with van der Waals surface area (Å²) in [7, 11) is 0. The van der Waals surface area contributed by atoms with Crippen LogP contribution >= 0.6 is 0 Å². The molecule has 0 atom stereocenters. The fourth-order valence-corrected chi connectivity index (χ4v) is 4.17. The van der Waals surface area contributed by atoms with Crippen molar-refractivity contribution in [1.29, 1.82) is 0 Å². The minimum atomic E-state index is -0.437. The van der Waals surface area contributed by atoms with Crippen molar-refractivity contribution in [1.82, 2.24) is 19.5 Å². The third-order valence-corrected chi connectivity index (χ3v) is 5.68. The monoisotopic (exact) mass is 512 g/mol. The molecule has 0 spiro atoms. The number of carbonyl (C=O) groups is 1. The van der Waals surface area contributed by atoms with Crippen LogP contribution in [0.25, 0.3) is 33.5 Å². The molecular formula is C28H32N8O2. The molecule has 38 heavy (non-hydrogen) atoms. The van der Waals surface area contributed by atoms with E-state index in [0.29, 0.717) is 17.2 Å². The highest BCUT2D eigenvalue weighted by molar-refractivity contribution is 6.10. The number of fused-ring (bicyclic) bond motifs is 1. The summed E-state index contributed by atoms with van der Waals surface area (Å²) in [5.74, 6) is 1.18. The van der Waals surface area contributed by atoms with Crippen LogP contribution in [0.3, 0.4) is 0 Å². The van der Waals surface area contributed by atoms with Crippen molar-refractivity contribution in [3.63, 3.8) is 0 Å². The highest BCUT2D eigenvalue weighted by atomic mass is 16.5. The van der Waals surface area contributed by atoms with E-state index in [9.17, 15) is 4.79 Å². The number of benzene rings is 2. The summed E-state index contributed by atoms with van der Waals surface area (Å²) in [6.45, 7) is 9.91. The fraction of sp³-hybridized carbons (Fsp3) is 0.286. The lowest BCUT2D eigenvalue weighted by molar-refractivity contribution is -0.141. The van der Waals surface area contributed by atoms with Crippen molar-refractivity contribution >= 4 is 34.6 Å². The Hall–Kier alpha value is -4.60. The Morgan fingerprint density at radius 1 is 1.08 bits per heavy atom. The number of ether oxygens (including phenoxy) is 1. The Balaban J connectivity index is 1.92. The van der Waals surface area contributed by atoms with Crippen LogP contribution < -0.4 is 11.5 Å². The predicted molar refractivity (Wildman–Crippen MR) is 151 cm³/mol. The van der Waals surface area contributed by atoms with Crippen LogP contribution in [0.4, 0.5) is 5.95 Å². The van der Waals surface area contributed by atoms with Crippen LogP contribution in [-0.2, 0) is 15.1 Å². The minimum absolute atomic E-state index is 0.170. The molecule has 10 nitrogen and oxygen atoms in total. The van der Waals surface area contributed by atoms with Crippen LogP contribution in [0.15, 0.2) is 64.8 Å². The van der Waals surface area contributed by atoms with Gasteiger partial charge in [0, 0.05) is 34.6 Å². The zero-order valence-corrected chi connectivity index (χ0v) is 22.3. The molecule has 0 aliphatic heterocycles. The Morgan fingerprint density at radius 2 is 1.79 bits per heavy atom. The van der Waals surface area contributed by atoms with Gasteiger partial charge in [-0.25, -0.2) is 19.9 Å². The van der Waals surface area contributed by atoms with Crippen molar-refractivity contribution in [2.24, 2.45) is 15.7 Å². The molecule has 2 aromatic heterocycles. The van der Waals surface area contributed by atoms with Gasteiger partial charge in [-0.15, -0.1) is 0 Å². The van der Waals surface area contributed by atoms with Crippen molar-refractivity contribution in [3.05, 3.63) is 60.4 Å². The molecule has 0 fully saturated rings. The van der Waals surface area contributed by atoms with Gasteiger partial charge in [-0.1, -0.05) is 30.3 Å². The number of aromatic nitrogens is 4. The molecule has 4 aromatic rings. The highest BCUT2D eigenvalue weighted by Gasteiger charge is 2.25. The number of nitrogen functional groups attached to an aromatic ring is 1. The molecule has 0 saturated heterocycles. The first-order chi connectivity index (χ1) is 18.1. The van der Waals surface area contributed by atoms with E-state index in [1.165, 1.54) is 0 Å². The Bertz CT molecular complexity index is 1520. The number of hydrogen-bond acceptors (Lipinski definition) is 7. The maximum absolute atomic E-state index is 12.0. The lowest BCUT2D eigenvalue weighted by Gasteiger charge is -2.25. The fourth-order valence-electron chi connectivity index (χ4n) is 4.17. The second kappa shape index (κ2) is 10.8. The zero-order valence-electron chi connectivity index (χ0n) is 22.3. The summed E-state index contributed by atoms with van der Waals surface area (Å²) in [4.78, 5) is 34.3. The molecule has 0 saturated carbocycles. The van der Waals surface area contributed by atoms with Crippen molar-refractivity contribution < 1.29 is 9.53 Å². The molecule has 0 bridgehead atoms. The molecule has 196 valence electrons. The van der Waals surface area contributed by atoms with Gasteiger partial charge in [-0.3, -0.25) is 9.79 Å². The lowest BCUT2D eigenvalue weighted by atomic mass is 10.0. The van der Waals surface area contributed by atoms with Crippen molar-refractivity contribution in [2.45, 2.75) is 40.2 Å². The lowest BCUT2D eigenvalue weighted by Crippen LogP contribution is -2.23. The molecule has 0 aliphatic rings. The first-order valence-electron chi connectivity index (χ1n) is 12.3. The maximum Gasteiger partial charge on any atom is 0.327 e. The number of nitrogens with zero attached hydrogens (tertiary/aromatic N) is 6. The molecule has 4 N–H and O–H groups in total. The van der Waals surface area contributed by atoms with E-state index in [1.54, 1.807) is 26.2 Å². The van der Waals surface area contributed by atoms with E-state index in [0.717, 1.165) is 33.5 Å². The second-order valence-corrected chi connectivity index (χ2v) is 9.72. The van der Waals surface area contributed by atoms with E-state index >= 15 is 0 Å². The molecule has 0 unspecified atom stereocenters. The third kappa shape index (κ3) is 5.69. The second-order valence-electron chi connectivity index (χ2n) is 9.72. The van der Waals surface area contributed by atoms with Gasteiger partial charge >= 0.3 is 5.97 Å². The zero-order chi connectivity index (χ0) is 27.4. The first-order valence-corrected chi connectivity index (χ1v) is 12.3. The molecular weight excluding hydrogens is 480 g/mol. The average molecular weight is 513 g/mol. The SMILES string of the molecule is CCOC(=O)CN=C(N=C(C)N)c1ccccc1-c1nc2cc(-c3cnc(N)nc3)ccc2n1C(C)(C)C. The van der Waals surface area contributed by atoms with Gasteiger partial charge in [-0.05, 0) is 52.3 Å².